The van der Waals surface area contributed by atoms with E-state index in [0.717, 1.165) is 6.04 Å². The van der Waals surface area contributed by atoms with Crippen molar-refractivity contribution in [1.82, 2.24) is 4.90 Å². The monoisotopic (exact) mass is 338 g/mol. The standard InChI is InChI=1S/C7H8FN.C7H15N.C7H16/c1-5-6(8)3-2-4-7(5)9;1-7-5-3-4-6-8(7)2;1-3-5-7-6-4-2/h2-4H,9H2,1H3;7H,3-6H2,1-2H3;3-7H2,1-2H3. The Balaban J connectivity index is 0.000000334. The predicted molar refractivity (Wildman–Crippen MR) is 106 cm³/mol. The second kappa shape index (κ2) is 14.3. The maximum atomic E-state index is 12.5. The molecule has 1 heterocycles. The minimum atomic E-state index is -0.241. The van der Waals surface area contributed by atoms with Crippen molar-refractivity contribution >= 4 is 5.69 Å². The Kier molecular flexibility index (Phi) is 13.6. The summed E-state index contributed by atoms with van der Waals surface area (Å²) in [7, 11) is 2.21. The fourth-order valence-corrected chi connectivity index (χ4v) is 2.54. The van der Waals surface area contributed by atoms with E-state index < -0.39 is 0 Å². The van der Waals surface area contributed by atoms with E-state index in [9.17, 15) is 4.39 Å². The first-order valence-electron chi connectivity index (χ1n) is 9.64. The fourth-order valence-electron chi connectivity index (χ4n) is 2.54. The van der Waals surface area contributed by atoms with Crippen LogP contribution in [0.25, 0.3) is 0 Å². The molecule has 0 amide bonds. The Bertz CT molecular complexity index is 386. The van der Waals surface area contributed by atoms with E-state index in [2.05, 4.69) is 32.7 Å². The molecular weight excluding hydrogens is 299 g/mol. The molecule has 0 bridgehead atoms. The molecule has 2 nitrogen and oxygen atoms in total. The minimum absolute atomic E-state index is 0.241. The summed E-state index contributed by atoms with van der Waals surface area (Å²) in [6, 6.07) is 5.51. The van der Waals surface area contributed by atoms with Crippen molar-refractivity contribution in [2.45, 2.75) is 85.1 Å². The van der Waals surface area contributed by atoms with E-state index in [4.69, 9.17) is 5.73 Å². The summed E-state index contributed by atoms with van der Waals surface area (Å²) >= 11 is 0. The van der Waals surface area contributed by atoms with E-state index in [-0.39, 0.29) is 5.82 Å². The van der Waals surface area contributed by atoms with Crippen molar-refractivity contribution in [3.8, 4) is 0 Å². The Morgan fingerprint density at radius 3 is 2.12 bits per heavy atom. The molecule has 1 unspecified atom stereocenters. The number of likely N-dealkylation sites (tertiary alicyclic amines) is 1. The number of unbranched alkanes of at least 4 members (excludes halogenated alkanes) is 4. The van der Waals surface area contributed by atoms with Gasteiger partial charge < -0.3 is 10.6 Å². The molecule has 2 N–H and O–H groups in total. The van der Waals surface area contributed by atoms with Gasteiger partial charge in [0.1, 0.15) is 5.82 Å². The maximum absolute atomic E-state index is 12.5. The highest BCUT2D eigenvalue weighted by Crippen LogP contribution is 2.13. The number of hydrogen-bond donors (Lipinski definition) is 1. The second-order valence-corrected chi connectivity index (χ2v) is 6.84. The van der Waals surface area contributed by atoms with E-state index in [1.54, 1.807) is 19.1 Å². The van der Waals surface area contributed by atoms with Crippen molar-refractivity contribution in [3.05, 3.63) is 29.6 Å². The second-order valence-electron chi connectivity index (χ2n) is 6.84. The topological polar surface area (TPSA) is 29.3 Å². The third-order valence-electron chi connectivity index (χ3n) is 4.65. The Morgan fingerprint density at radius 2 is 1.75 bits per heavy atom. The first-order valence-corrected chi connectivity index (χ1v) is 9.64. The normalized spacial score (nSPS) is 17.3. The molecule has 1 aliphatic rings. The molecule has 0 saturated carbocycles. The van der Waals surface area contributed by atoms with Crippen LogP contribution in [0.4, 0.5) is 10.1 Å². The third kappa shape index (κ3) is 10.6. The van der Waals surface area contributed by atoms with Crippen LogP contribution < -0.4 is 5.73 Å². The summed E-state index contributed by atoms with van der Waals surface area (Å²) in [5, 5.41) is 0. The lowest BCUT2D eigenvalue weighted by molar-refractivity contribution is 0.200. The van der Waals surface area contributed by atoms with Crippen molar-refractivity contribution in [1.29, 1.82) is 0 Å². The lowest BCUT2D eigenvalue weighted by Crippen LogP contribution is -2.33. The largest absolute Gasteiger partial charge is 0.398 e. The molecule has 1 aliphatic heterocycles. The van der Waals surface area contributed by atoms with Gasteiger partial charge in [-0.25, -0.2) is 4.39 Å². The first-order chi connectivity index (χ1) is 11.4. The number of nitrogen functional groups attached to an aromatic ring is 1. The van der Waals surface area contributed by atoms with Crippen LogP contribution in [0.15, 0.2) is 18.2 Å². The van der Waals surface area contributed by atoms with Gasteiger partial charge in [-0.15, -0.1) is 0 Å². The Labute approximate surface area is 149 Å². The lowest BCUT2D eigenvalue weighted by Gasteiger charge is -2.29. The van der Waals surface area contributed by atoms with Gasteiger partial charge in [0.2, 0.25) is 0 Å². The molecule has 140 valence electrons. The minimum Gasteiger partial charge on any atom is -0.398 e. The number of rotatable bonds is 4. The van der Waals surface area contributed by atoms with Gasteiger partial charge in [-0.3, -0.25) is 0 Å². The van der Waals surface area contributed by atoms with Crippen molar-refractivity contribution in [3.63, 3.8) is 0 Å². The lowest BCUT2D eigenvalue weighted by atomic mass is 10.1. The van der Waals surface area contributed by atoms with Gasteiger partial charge in [-0.05, 0) is 52.4 Å². The van der Waals surface area contributed by atoms with Gasteiger partial charge in [-0.1, -0.05) is 58.4 Å². The summed E-state index contributed by atoms with van der Waals surface area (Å²) < 4.78 is 12.5. The molecule has 0 radical (unpaired) electrons. The number of piperidine rings is 1. The molecule has 24 heavy (non-hydrogen) atoms. The molecule has 3 heteroatoms. The molecule has 1 fully saturated rings. The number of halogens is 1. The average molecular weight is 339 g/mol. The summed E-state index contributed by atoms with van der Waals surface area (Å²) in [5.74, 6) is -0.241. The molecule has 0 aromatic heterocycles. The molecule has 1 aromatic rings. The van der Waals surface area contributed by atoms with E-state index in [0.29, 0.717) is 11.3 Å². The highest BCUT2D eigenvalue weighted by molar-refractivity contribution is 5.45. The van der Waals surface area contributed by atoms with Crippen LogP contribution in [0.3, 0.4) is 0 Å². The number of hydrogen-bond acceptors (Lipinski definition) is 2. The first kappa shape index (κ1) is 22.9. The van der Waals surface area contributed by atoms with Crippen LogP contribution in [0, 0.1) is 12.7 Å². The molecule has 1 aromatic carbocycles. The predicted octanol–water partition coefficient (Wildman–Crippen LogP) is 6.18. The quantitative estimate of drug-likeness (QED) is 0.524. The van der Waals surface area contributed by atoms with Crippen LogP contribution in [0.5, 0.6) is 0 Å². The molecule has 0 aliphatic carbocycles. The van der Waals surface area contributed by atoms with Gasteiger partial charge >= 0.3 is 0 Å². The van der Waals surface area contributed by atoms with Crippen LogP contribution in [-0.2, 0) is 0 Å². The highest BCUT2D eigenvalue weighted by atomic mass is 19.1. The van der Waals surface area contributed by atoms with Crippen LogP contribution in [0.2, 0.25) is 0 Å². The Morgan fingerprint density at radius 1 is 1.12 bits per heavy atom. The number of anilines is 1. The molecule has 0 spiro atoms. The number of benzene rings is 1. The molecule has 1 saturated heterocycles. The van der Waals surface area contributed by atoms with Gasteiger partial charge in [0.15, 0.2) is 0 Å². The van der Waals surface area contributed by atoms with Gasteiger partial charge in [0.05, 0.1) is 0 Å². The number of nitrogens with two attached hydrogens (primary N) is 1. The molecule has 2 rings (SSSR count). The fraction of sp³-hybridized carbons (Fsp3) is 0.714. The average Bonchev–Trinajstić information content (AvgIpc) is 2.57. The summed E-state index contributed by atoms with van der Waals surface area (Å²) in [4.78, 5) is 2.43. The zero-order chi connectivity index (χ0) is 18.4. The SMILES string of the molecule is CC1CCCCN1C.CCCCCCC.Cc1c(N)cccc1F. The van der Waals surface area contributed by atoms with Crippen molar-refractivity contribution in [2.24, 2.45) is 0 Å². The van der Waals surface area contributed by atoms with Gasteiger partial charge in [0.25, 0.3) is 0 Å². The molecular formula is C21H39FN2. The number of nitrogens with zero attached hydrogens (tertiary/aromatic N) is 1. The smallest absolute Gasteiger partial charge is 0.128 e. The van der Waals surface area contributed by atoms with E-state index in [1.807, 2.05) is 0 Å². The van der Waals surface area contributed by atoms with E-state index >= 15 is 0 Å². The zero-order valence-electron chi connectivity index (χ0n) is 16.6. The molecule has 1 atom stereocenters. The van der Waals surface area contributed by atoms with Gasteiger partial charge in [-0.2, -0.15) is 0 Å². The summed E-state index contributed by atoms with van der Waals surface area (Å²) in [6.07, 6.45) is 11.2. The van der Waals surface area contributed by atoms with Crippen molar-refractivity contribution < 1.29 is 4.39 Å². The zero-order valence-corrected chi connectivity index (χ0v) is 16.6. The highest BCUT2D eigenvalue weighted by Gasteiger charge is 2.12. The van der Waals surface area contributed by atoms with E-state index in [1.165, 1.54) is 64.0 Å². The van der Waals surface area contributed by atoms with Crippen LogP contribution in [-0.4, -0.2) is 24.5 Å². The van der Waals surface area contributed by atoms with Crippen LogP contribution >= 0.6 is 0 Å². The maximum Gasteiger partial charge on any atom is 0.128 e. The summed E-state index contributed by atoms with van der Waals surface area (Å²) in [5.41, 5.74) is 6.42. The van der Waals surface area contributed by atoms with Gasteiger partial charge in [0, 0.05) is 17.3 Å². The summed E-state index contributed by atoms with van der Waals surface area (Å²) in [6.45, 7) is 9.76. The van der Waals surface area contributed by atoms with Crippen LogP contribution in [0.1, 0.15) is 77.7 Å². The third-order valence-corrected chi connectivity index (χ3v) is 4.65. The van der Waals surface area contributed by atoms with Crippen molar-refractivity contribution in [2.75, 3.05) is 19.3 Å². The Hall–Kier alpha value is -1.09.